The Morgan fingerprint density at radius 1 is 0.967 bits per heavy atom. The molecule has 1 saturated heterocycles. The third kappa shape index (κ3) is 3.10. The number of rotatable bonds is 3. The van der Waals surface area contributed by atoms with Crippen LogP contribution in [0, 0.1) is 40.4 Å². The lowest BCUT2D eigenvalue weighted by molar-refractivity contribution is -0.207. The molecule has 0 amide bonds. The molecule has 7 atom stereocenters. The van der Waals surface area contributed by atoms with Gasteiger partial charge in [-0.15, -0.1) is 0 Å². The molecule has 0 N–H and O–H groups in total. The Morgan fingerprint density at radius 2 is 1.67 bits per heavy atom. The Balaban J connectivity index is 1.48. The van der Waals surface area contributed by atoms with E-state index in [1.54, 1.807) is 0 Å². The lowest BCUT2D eigenvalue weighted by atomic mass is 9.45. The fraction of sp³-hybridized carbons (Fsp3) is 0.923. The number of fused-ring (bicyclic) bond motifs is 5. The van der Waals surface area contributed by atoms with Crippen molar-refractivity contribution >= 4 is 8.32 Å². The topological polar surface area (TPSA) is 27.7 Å². The second kappa shape index (κ2) is 7.09. The van der Waals surface area contributed by atoms with Gasteiger partial charge in [-0.25, -0.2) is 0 Å². The number of hydrogen-bond donors (Lipinski definition) is 0. The van der Waals surface area contributed by atoms with Crippen LogP contribution in [0.15, 0.2) is 11.8 Å². The van der Waals surface area contributed by atoms with E-state index < -0.39 is 14.1 Å². The maximum absolute atomic E-state index is 6.61. The first-order valence-corrected chi connectivity index (χ1v) is 16.2. The molecule has 0 aromatic rings. The van der Waals surface area contributed by atoms with E-state index in [0.29, 0.717) is 24.5 Å². The highest BCUT2D eigenvalue weighted by molar-refractivity contribution is 6.70. The standard InChI is InChI=1S/C26H44O3Si/c1-7-18-9-11-21-20-10-8-19-16-23(29-30(4,5)6)26(27-14-15-28-26)17-25(19,3)22(20)12-13-24(18,21)2/h16,18-22H,7-15,17H2,1-6H3/t18-,19?,20-,21-,22-,24+,25-/m0/s1. The largest absolute Gasteiger partial charge is 0.544 e. The molecule has 0 radical (unpaired) electrons. The summed E-state index contributed by atoms with van der Waals surface area (Å²) in [6.07, 6.45) is 13.3. The maximum Gasteiger partial charge on any atom is 0.242 e. The van der Waals surface area contributed by atoms with Gasteiger partial charge in [-0.2, -0.15) is 0 Å². The van der Waals surface area contributed by atoms with E-state index >= 15 is 0 Å². The van der Waals surface area contributed by atoms with Crippen molar-refractivity contribution in [1.82, 2.24) is 0 Å². The Hall–Kier alpha value is -0.323. The van der Waals surface area contributed by atoms with Gasteiger partial charge in [0.05, 0.1) is 13.2 Å². The predicted molar refractivity (Wildman–Crippen MR) is 123 cm³/mol. The average Bonchev–Trinajstić information content (AvgIpc) is 3.25. The molecular weight excluding hydrogens is 388 g/mol. The second-order valence-electron chi connectivity index (χ2n) is 12.7. The van der Waals surface area contributed by atoms with Crippen LogP contribution in [0.25, 0.3) is 0 Å². The smallest absolute Gasteiger partial charge is 0.242 e. The summed E-state index contributed by atoms with van der Waals surface area (Å²) in [6, 6.07) is 0. The number of hydrogen-bond acceptors (Lipinski definition) is 3. The highest BCUT2D eigenvalue weighted by atomic mass is 28.4. The molecule has 0 aromatic carbocycles. The van der Waals surface area contributed by atoms with Gasteiger partial charge in [-0.05, 0) is 105 Å². The van der Waals surface area contributed by atoms with E-state index in [2.05, 4.69) is 46.5 Å². The Kier molecular flexibility index (Phi) is 5.08. The van der Waals surface area contributed by atoms with Gasteiger partial charge in [0.25, 0.3) is 0 Å². The molecule has 3 saturated carbocycles. The summed E-state index contributed by atoms with van der Waals surface area (Å²) in [4.78, 5) is 0. The first-order valence-electron chi connectivity index (χ1n) is 12.8. The van der Waals surface area contributed by atoms with Crippen molar-refractivity contribution in [2.24, 2.45) is 40.4 Å². The highest BCUT2D eigenvalue weighted by Crippen LogP contribution is 2.68. The summed E-state index contributed by atoms with van der Waals surface area (Å²) in [5.41, 5.74) is 0.860. The van der Waals surface area contributed by atoms with E-state index in [1.165, 1.54) is 44.9 Å². The number of allylic oxidation sites excluding steroid dienone is 1. The lowest BCUT2D eigenvalue weighted by Crippen LogP contribution is -2.57. The van der Waals surface area contributed by atoms with Crippen molar-refractivity contribution in [3.8, 4) is 0 Å². The fourth-order valence-corrected chi connectivity index (χ4v) is 9.72. The maximum atomic E-state index is 6.61. The van der Waals surface area contributed by atoms with E-state index in [1.807, 2.05) is 0 Å². The molecule has 5 aliphatic rings. The normalized spacial score (nSPS) is 47.4. The van der Waals surface area contributed by atoms with Crippen LogP contribution in [0.5, 0.6) is 0 Å². The zero-order valence-corrected chi connectivity index (χ0v) is 21.3. The summed E-state index contributed by atoms with van der Waals surface area (Å²) >= 11 is 0. The quantitative estimate of drug-likeness (QED) is 0.461. The fourth-order valence-electron chi connectivity index (χ4n) is 8.84. The molecule has 1 unspecified atom stereocenters. The summed E-state index contributed by atoms with van der Waals surface area (Å²) in [6.45, 7) is 15.9. The summed E-state index contributed by atoms with van der Waals surface area (Å²) in [5.74, 6) is 4.60. The van der Waals surface area contributed by atoms with Gasteiger partial charge in [0.2, 0.25) is 14.1 Å². The number of ether oxygens (including phenoxy) is 2. The first kappa shape index (κ1) is 21.5. The van der Waals surface area contributed by atoms with Crippen molar-refractivity contribution in [2.45, 2.75) is 97.6 Å². The van der Waals surface area contributed by atoms with Crippen LogP contribution >= 0.6 is 0 Å². The molecule has 1 aliphatic heterocycles. The molecule has 4 heteroatoms. The molecule has 4 aliphatic carbocycles. The van der Waals surface area contributed by atoms with Crippen LogP contribution < -0.4 is 0 Å². The molecule has 1 spiro atoms. The summed E-state index contributed by atoms with van der Waals surface area (Å²) < 4.78 is 19.4. The first-order chi connectivity index (χ1) is 14.1. The van der Waals surface area contributed by atoms with E-state index in [0.717, 1.165) is 35.9 Å². The SMILES string of the molecule is CC[C@H]1CC[C@H]2[C@@H]3CCC4C=C(O[Si](C)(C)C)C5(C[C@]4(C)[C@H]3CC[C@]12C)OCCO5. The van der Waals surface area contributed by atoms with Gasteiger partial charge in [0.15, 0.2) is 0 Å². The third-order valence-corrected chi connectivity index (χ3v) is 11.0. The van der Waals surface area contributed by atoms with E-state index in [4.69, 9.17) is 13.9 Å². The van der Waals surface area contributed by atoms with Gasteiger partial charge >= 0.3 is 0 Å². The molecule has 1 heterocycles. The van der Waals surface area contributed by atoms with Crippen molar-refractivity contribution in [2.75, 3.05) is 13.2 Å². The van der Waals surface area contributed by atoms with Crippen LogP contribution in [0.3, 0.4) is 0 Å². The molecule has 170 valence electrons. The van der Waals surface area contributed by atoms with Crippen LogP contribution in [-0.2, 0) is 13.9 Å². The van der Waals surface area contributed by atoms with Crippen molar-refractivity contribution in [1.29, 1.82) is 0 Å². The van der Waals surface area contributed by atoms with E-state index in [9.17, 15) is 0 Å². The second-order valence-corrected chi connectivity index (χ2v) is 17.1. The zero-order chi connectivity index (χ0) is 21.4. The monoisotopic (exact) mass is 432 g/mol. The lowest BCUT2D eigenvalue weighted by Gasteiger charge is -2.61. The molecular formula is C26H44O3Si. The van der Waals surface area contributed by atoms with Gasteiger partial charge in [0.1, 0.15) is 5.76 Å². The molecule has 0 aromatic heterocycles. The van der Waals surface area contributed by atoms with Crippen LogP contribution in [0.2, 0.25) is 19.6 Å². The molecule has 30 heavy (non-hydrogen) atoms. The van der Waals surface area contributed by atoms with Crippen LogP contribution in [-0.4, -0.2) is 27.3 Å². The summed E-state index contributed by atoms with van der Waals surface area (Å²) in [7, 11) is -1.72. The van der Waals surface area contributed by atoms with Crippen LogP contribution in [0.4, 0.5) is 0 Å². The zero-order valence-electron chi connectivity index (χ0n) is 20.3. The van der Waals surface area contributed by atoms with Gasteiger partial charge < -0.3 is 13.9 Å². The Morgan fingerprint density at radius 3 is 2.33 bits per heavy atom. The van der Waals surface area contributed by atoms with Crippen molar-refractivity contribution in [3.05, 3.63) is 11.8 Å². The van der Waals surface area contributed by atoms with Crippen LogP contribution in [0.1, 0.15) is 72.1 Å². The molecule has 4 fully saturated rings. The molecule has 0 bridgehead atoms. The minimum atomic E-state index is -1.72. The minimum Gasteiger partial charge on any atom is -0.544 e. The van der Waals surface area contributed by atoms with Gasteiger partial charge in [-0.1, -0.05) is 27.2 Å². The Labute approximate surface area is 185 Å². The average molecular weight is 433 g/mol. The third-order valence-electron chi connectivity index (χ3n) is 10.1. The van der Waals surface area contributed by atoms with Crippen molar-refractivity contribution < 1.29 is 13.9 Å². The van der Waals surface area contributed by atoms with Gasteiger partial charge in [-0.3, -0.25) is 0 Å². The molecule has 5 rings (SSSR count). The minimum absolute atomic E-state index is 0.269. The van der Waals surface area contributed by atoms with E-state index in [-0.39, 0.29) is 5.41 Å². The van der Waals surface area contributed by atoms with Crippen molar-refractivity contribution in [3.63, 3.8) is 0 Å². The highest BCUT2D eigenvalue weighted by Gasteiger charge is 2.63. The predicted octanol–water partition coefficient (Wildman–Crippen LogP) is 6.75. The Bertz CT molecular complexity index is 706. The molecule has 3 nitrogen and oxygen atoms in total. The summed E-state index contributed by atoms with van der Waals surface area (Å²) in [5, 5.41) is 0. The van der Waals surface area contributed by atoms with Gasteiger partial charge in [0, 0.05) is 6.42 Å².